The van der Waals surface area contributed by atoms with E-state index in [-0.39, 0.29) is 0 Å². The lowest BCUT2D eigenvalue weighted by atomic mass is 9.96. The van der Waals surface area contributed by atoms with E-state index in [1.165, 1.54) is 11.5 Å². The molecule has 9 heavy (non-hydrogen) atoms. The number of allylic oxidation sites excluding steroid dienone is 1. The Labute approximate surface area is 59.0 Å². The fourth-order valence-corrected chi connectivity index (χ4v) is 0.697. The molecular weight excluding hydrogens is 108 g/mol. The van der Waals surface area contributed by atoms with E-state index in [2.05, 4.69) is 34.3 Å². The molecule has 0 aromatic rings. The van der Waals surface area contributed by atoms with Crippen LogP contribution in [0.15, 0.2) is 12.2 Å². The highest BCUT2D eigenvalue weighted by Gasteiger charge is 1.93. The van der Waals surface area contributed by atoms with Crippen LogP contribution in [0, 0.1) is 11.8 Å². The first-order valence-corrected chi connectivity index (χ1v) is 3.52. The van der Waals surface area contributed by atoms with Crippen molar-refractivity contribution >= 4 is 0 Å². The average molecular weight is 125 g/mol. The SMILES string of the molecule is C=C(CC(C)C)[C-](C)C. The van der Waals surface area contributed by atoms with E-state index < -0.39 is 0 Å². The summed E-state index contributed by atoms with van der Waals surface area (Å²) in [6.45, 7) is 12.6. The molecule has 0 saturated heterocycles. The summed E-state index contributed by atoms with van der Waals surface area (Å²) in [6, 6.07) is 0. The lowest BCUT2D eigenvalue weighted by Gasteiger charge is -2.20. The molecule has 0 spiro atoms. The van der Waals surface area contributed by atoms with Gasteiger partial charge in [-0.3, -0.25) is 0 Å². The number of hydrogen-bond acceptors (Lipinski definition) is 0. The smallest absolute Gasteiger partial charge is 0.0460 e. The third kappa shape index (κ3) is 4.14. The Kier molecular flexibility index (Phi) is 3.44. The highest BCUT2D eigenvalue weighted by Crippen LogP contribution is 2.17. The predicted molar refractivity (Wildman–Crippen MR) is 43.2 cm³/mol. The molecule has 0 heterocycles. The maximum atomic E-state index is 3.96. The predicted octanol–water partition coefficient (Wildman–Crippen LogP) is 3.20. The van der Waals surface area contributed by atoms with Crippen LogP contribution in [0.2, 0.25) is 0 Å². The minimum atomic E-state index is 0.743. The molecule has 0 aromatic carbocycles. The van der Waals surface area contributed by atoms with E-state index in [9.17, 15) is 0 Å². The first-order valence-electron chi connectivity index (χ1n) is 3.52. The minimum Gasteiger partial charge on any atom is -0.242 e. The van der Waals surface area contributed by atoms with Crippen molar-refractivity contribution in [1.29, 1.82) is 0 Å². The van der Waals surface area contributed by atoms with E-state index in [0.29, 0.717) is 0 Å². The molecular formula is C9H17-. The van der Waals surface area contributed by atoms with Crippen molar-refractivity contribution in [3.8, 4) is 0 Å². The van der Waals surface area contributed by atoms with Gasteiger partial charge in [-0.05, 0) is 5.92 Å². The Bertz CT molecular complexity index is 88.2. The molecule has 0 nitrogen and oxygen atoms in total. The normalized spacial score (nSPS) is 9.89. The Balaban J connectivity index is 3.51. The maximum absolute atomic E-state index is 3.96. The van der Waals surface area contributed by atoms with Crippen LogP contribution in [-0.2, 0) is 0 Å². The summed E-state index contributed by atoms with van der Waals surface area (Å²) in [7, 11) is 0. The maximum Gasteiger partial charge on any atom is -0.0460 e. The molecule has 0 aliphatic carbocycles. The highest BCUT2D eigenvalue weighted by molar-refractivity contribution is 5.15. The lowest BCUT2D eigenvalue weighted by molar-refractivity contribution is 0.637. The number of rotatable bonds is 3. The third-order valence-electron chi connectivity index (χ3n) is 1.36. The molecule has 0 amide bonds. The van der Waals surface area contributed by atoms with Gasteiger partial charge < -0.3 is 0 Å². The van der Waals surface area contributed by atoms with Gasteiger partial charge in [0, 0.05) is 0 Å². The third-order valence-corrected chi connectivity index (χ3v) is 1.36. The lowest BCUT2D eigenvalue weighted by Crippen LogP contribution is -1.94. The monoisotopic (exact) mass is 125 g/mol. The van der Waals surface area contributed by atoms with Crippen LogP contribution in [0.3, 0.4) is 0 Å². The van der Waals surface area contributed by atoms with Gasteiger partial charge >= 0.3 is 0 Å². The Morgan fingerprint density at radius 3 is 2.00 bits per heavy atom. The Morgan fingerprint density at radius 1 is 1.44 bits per heavy atom. The van der Waals surface area contributed by atoms with Gasteiger partial charge in [0.15, 0.2) is 0 Å². The Morgan fingerprint density at radius 2 is 1.89 bits per heavy atom. The van der Waals surface area contributed by atoms with Crippen molar-refractivity contribution in [1.82, 2.24) is 0 Å². The molecule has 0 radical (unpaired) electrons. The van der Waals surface area contributed by atoms with Crippen LogP contribution < -0.4 is 0 Å². The zero-order valence-electron chi connectivity index (χ0n) is 6.99. The average Bonchev–Trinajstić information content (AvgIpc) is 1.63. The quantitative estimate of drug-likeness (QED) is 0.508. The van der Waals surface area contributed by atoms with Gasteiger partial charge in [-0.15, -0.1) is 13.8 Å². The molecule has 0 fully saturated rings. The zero-order chi connectivity index (χ0) is 7.44. The van der Waals surface area contributed by atoms with Gasteiger partial charge in [0.25, 0.3) is 0 Å². The first-order chi connectivity index (χ1) is 4.04. The summed E-state index contributed by atoms with van der Waals surface area (Å²) in [5.41, 5.74) is 1.30. The van der Waals surface area contributed by atoms with Crippen molar-refractivity contribution in [3.63, 3.8) is 0 Å². The molecule has 0 heteroatoms. The highest BCUT2D eigenvalue weighted by atomic mass is 14.1. The molecule has 54 valence electrons. The van der Waals surface area contributed by atoms with Crippen LogP contribution in [0.1, 0.15) is 34.1 Å². The van der Waals surface area contributed by atoms with Crippen LogP contribution in [-0.4, -0.2) is 0 Å². The van der Waals surface area contributed by atoms with Crippen LogP contribution in [0.5, 0.6) is 0 Å². The van der Waals surface area contributed by atoms with Gasteiger partial charge in [-0.2, -0.15) is 0 Å². The van der Waals surface area contributed by atoms with Crippen molar-refractivity contribution in [2.24, 2.45) is 5.92 Å². The van der Waals surface area contributed by atoms with E-state index in [1.807, 2.05) is 0 Å². The van der Waals surface area contributed by atoms with Crippen molar-refractivity contribution in [2.45, 2.75) is 34.1 Å². The summed E-state index contributed by atoms with van der Waals surface area (Å²) in [5.74, 6) is 2.11. The molecule has 0 aromatic heterocycles. The molecule has 0 saturated carbocycles. The topological polar surface area (TPSA) is 0 Å². The molecule has 0 rings (SSSR count). The van der Waals surface area contributed by atoms with Crippen molar-refractivity contribution < 1.29 is 0 Å². The van der Waals surface area contributed by atoms with E-state index >= 15 is 0 Å². The molecule has 0 bridgehead atoms. The fraction of sp³-hybridized carbons (Fsp3) is 0.667. The van der Waals surface area contributed by atoms with Crippen LogP contribution in [0.25, 0.3) is 0 Å². The summed E-state index contributed by atoms with van der Waals surface area (Å²) in [6.07, 6.45) is 1.14. The van der Waals surface area contributed by atoms with Crippen molar-refractivity contribution in [2.75, 3.05) is 0 Å². The van der Waals surface area contributed by atoms with Gasteiger partial charge in [0.1, 0.15) is 0 Å². The largest absolute Gasteiger partial charge is 0.242 e. The zero-order valence-corrected chi connectivity index (χ0v) is 6.99. The van der Waals surface area contributed by atoms with Gasteiger partial charge in [-0.25, -0.2) is 18.1 Å². The Hall–Kier alpha value is -0.390. The number of hydrogen-bond donors (Lipinski definition) is 0. The van der Waals surface area contributed by atoms with Gasteiger partial charge in [-0.1, -0.05) is 20.3 Å². The molecule has 0 aliphatic rings. The minimum absolute atomic E-state index is 0.743. The second-order valence-electron chi connectivity index (χ2n) is 3.20. The molecule has 0 unspecified atom stereocenters. The molecule has 0 N–H and O–H groups in total. The fourth-order valence-electron chi connectivity index (χ4n) is 0.697. The van der Waals surface area contributed by atoms with E-state index in [4.69, 9.17) is 0 Å². The van der Waals surface area contributed by atoms with E-state index in [0.717, 1.165) is 12.3 Å². The first kappa shape index (κ1) is 8.61. The summed E-state index contributed by atoms with van der Waals surface area (Å²) < 4.78 is 0. The van der Waals surface area contributed by atoms with Crippen LogP contribution in [0.4, 0.5) is 0 Å². The van der Waals surface area contributed by atoms with Gasteiger partial charge in [0.05, 0.1) is 0 Å². The van der Waals surface area contributed by atoms with Crippen molar-refractivity contribution in [3.05, 3.63) is 18.1 Å². The van der Waals surface area contributed by atoms with E-state index in [1.54, 1.807) is 0 Å². The summed E-state index contributed by atoms with van der Waals surface area (Å²) in [4.78, 5) is 0. The standard InChI is InChI=1S/C9H17/c1-7(2)6-9(5)8(3)4/h7H,5-6H2,1-4H3/q-1. The summed E-state index contributed by atoms with van der Waals surface area (Å²) in [5, 5.41) is 0. The molecule has 0 atom stereocenters. The second-order valence-corrected chi connectivity index (χ2v) is 3.20. The molecule has 0 aliphatic heterocycles. The second kappa shape index (κ2) is 3.60. The summed E-state index contributed by atoms with van der Waals surface area (Å²) >= 11 is 0. The van der Waals surface area contributed by atoms with Gasteiger partial charge in [0.2, 0.25) is 0 Å². The van der Waals surface area contributed by atoms with Crippen LogP contribution >= 0.6 is 0 Å².